The van der Waals surface area contributed by atoms with E-state index in [0.717, 1.165) is 60.5 Å². The molecular weight excluding hydrogens is 345 g/mol. The van der Waals surface area contributed by atoms with Crippen molar-refractivity contribution >= 4 is 11.0 Å². The third-order valence-electron chi connectivity index (χ3n) is 5.09. The van der Waals surface area contributed by atoms with Gasteiger partial charge in [0.2, 0.25) is 0 Å². The van der Waals surface area contributed by atoms with Crippen molar-refractivity contribution in [2.24, 2.45) is 0 Å². The number of para-hydroxylation sites is 1. The summed E-state index contributed by atoms with van der Waals surface area (Å²) in [5.74, 6) is 1.44. The van der Waals surface area contributed by atoms with Crippen molar-refractivity contribution < 1.29 is 14.2 Å². The Morgan fingerprint density at radius 2 is 2.11 bits per heavy atom. The van der Waals surface area contributed by atoms with Gasteiger partial charge in [-0.1, -0.05) is 24.6 Å². The lowest BCUT2D eigenvalue weighted by atomic mass is 10.0. The smallest absolute Gasteiger partial charge is 0.125 e. The van der Waals surface area contributed by atoms with Gasteiger partial charge < -0.3 is 14.8 Å². The summed E-state index contributed by atoms with van der Waals surface area (Å²) in [6, 6.07) is 12.8. The molecule has 0 saturated carbocycles. The highest BCUT2D eigenvalue weighted by Gasteiger charge is 2.27. The molecule has 2 heterocycles. The topological polar surface area (TPSA) is 61.4 Å². The minimum Gasteiger partial charge on any atom is -0.491 e. The fourth-order valence-electron chi connectivity index (χ4n) is 3.80. The minimum atomic E-state index is -0.256. The normalized spacial score (nSPS) is 18.1. The molecule has 2 N–H and O–H groups in total. The number of hydrogen-bond donors (Lipinski definition) is 2. The quantitative estimate of drug-likeness (QED) is 0.694. The number of rotatable bonds is 6. The number of aromatic nitrogens is 2. The number of benzene rings is 2. The molecule has 1 aromatic heterocycles. The van der Waals surface area contributed by atoms with E-state index >= 15 is 0 Å². The van der Waals surface area contributed by atoms with E-state index in [0.29, 0.717) is 0 Å². The zero-order chi connectivity index (χ0) is 18.6. The molecule has 1 saturated heterocycles. The van der Waals surface area contributed by atoms with Gasteiger partial charge in [0, 0.05) is 12.1 Å². The van der Waals surface area contributed by atoms with Gasteiger partial charge in [-0.2, -0.15) is 0 Å². The summed E-state index contributed by atoms with van der Waals surface area (Å²) in [4.78, 5) is 10.4. The van der Waals surface area contributed by atoms with Crippen LogP contribution in [-0.2, 0) is 6.54 Å². The SMILES string of the molecule is OCCOc1ccccc1CN1CCCCC1c1nc2ccc(F)cc2[nH]1. The Balaban J connectivity index is 1.59. The third-order valence-corrected chi connectivity index (χ3v) is 5.09. The van der Waals surface area contributed by atoms with Gasteiger partial charge in [-0.05, 0) is 43.7 Å². The van der Waals surface area contributed by atoms with Crippen molar-refractivity contribution in [3.63, 3.8) is 0 Å². The van der Waals surface area contributed by atoms with Crippen molar-refractivity contribution in [2.75, 3.05) is 19.8 Å². The summed E-state index contributed by atoms with van der Waals surface area (Å²) in [6.07, 6.45) is 3.31. The molecule has 142 valence electrons. The largest absolute Gasteiger partial charge is 0.491 e. The van der Waals surface area contributed by atoms with Crippen LogP contribution in [0.4, 0.5) is 4.39 Å². The first kappa shape index (κ1) is 17.9. The Kier molecular flexibility index (Phi) is 5.36. The molecule has 2 aromatic carbocycles. The number of imidazole rings is 1. The van der Waals surface area contributed by atoms with E-state index in [1.54, 1.807) is 6.07 Å². The number of nitrogens with zero attached hydrogens (tertiary/aromatic N) is 2. The van der Waals surface area contributed by atoms with E-state index in [-0.39, 0.29) is 25.1 Å². The molecule has 1 aliphatic rings. The number of fused-ring (bicyclic) bond motifs is 1. The molecule has 5 nitrogen and oxygen atoms in total. The fraction of sp³-hybridized carbons (Fsp3) is 0.381. The summed E-state index contributed by atoms with van der Waals surface area (Å²) in [5, 5.41) is 9.04. The number of hydrogen-bond acceptors (Lipinski definition) is 4. The van der Waals surface area contributed by atoms with Gasteiger partial charge in [-0.15, -0.1) is 0 Å². The number of aromatic amines is 1. The van der Waals surface area contributed by atoms with Crippen LogP contribution in [0, 0.1) is 5.82 Å². The first-order chi connectivity index (χ1) is 13.2. The van der Waals surface area contributed by atoms with Crippen LogP contribution in [0.15, 0.2) is 42.5 Å². The van der Waals surface area contributed by atoms with Gasteiger partial charge >= 0.3 is 0 Å². The first-order valence-electron chi connectivity index (χ1n) is 9.45. The number of halogens is 1. The predicted octanol–water partition coefficient (Wildman–Crippen LogP) is 3.80. The van der Waals surface area contributed by atoms with Crippen LogP contribution in [0.25, 0.3) is 11.0 Å². The van der Waals surface area contributed by atoms with Crippen LogP contribution in [0.2, 0.25) is 0 Å². The molecular formula is C21H24FN3O2. The highest BCUT2D eigenvalue weighted by Crippen LogP contribution is 2.33. The molecule has 1 fully saturated rings. The number of aliphatic hydroxyl groups is 1. The van der Waals surface area contributed by atoms with E-state index < -0.39 is 0 Å². The number of piperidine rings is 1. The predicted molar refractivity (Wildman–Crippen MR) is 102 cm³/mol. The zero-order valence-corrected chi connectivity index (χ0v) is 15.2. The second-order valence-corrected chi connectivity index (χ2v) is 6.95. The second-order valence-electron chi connectivity index (χ2n) is 6.95. The van der Waals surface area contributed by atoms with E-state index in [9.17, 15) is 4.39 Å². The van der Waals surface area contributed by atoms with Crippen LogP contribution < -0.4 is 4.74 Å². The van der Waals surface area contributed by atoms with Gasteiger partial charge in [0.15, 0.2) is 0 Å². The molecule has 1 unspecified atom stereocenters. The number of likely N-dealkylation sites (tertiary alicyclic amines) is 1. The van der Waals surface area contributed by atoms with Crippen LogP contribution in [0.1, 0.15) is 36.7 Å². The molecule has 1 aliphatic heterocycles. The standard InChI is InChI=1S/C21H24FN3O2/c22-16-8-9-17-18(13-16)24-21(23-17)19-6-3-4-10-25(19)14-15-5-1-2-7-20(15)27-12-11-26/h1-2,5,7-9,13,19,26H,3-4,6,10-12,14H2,(H,23,24). The number of ether oxygens (including phenoxy) is 1. The van der Waals surface area contributed by atoms with E-state index in [4.69, 9.17) is 14.8 Å². The van der Waals surface area contributed by atoms with Crippen molar-refractivity contribution in [3.8, 4) is 5.75 Å². The van der Waals surface area contributed by atoms with Gasteiger partial charge in [-0.25, -0.2) is 9.37 Å². The summed E-state index contributed by atoms with van der Waals surface area (Å²) >= 11 is 0. The van der Waals surface area contributed by atoms with E-state index in [2.05, 4.69) is 16.0 Å². The highest BCUT2D eigenvalue weighted by molar-refractivity contribution is 5.75. The van der Waals surface area contributed by atoms with Crippen LogP contribution in [-0.4, -0.2) is 39.7 Å². The van der Waals surface area contributed by atoms with Crippen molar-refractivity contribution in [3.05, 3.63) is 59.7 Å². The average molecular weight is 369 g/mol. The summed E-state index contributed by atoms with van der Waals surface area (Å²) < 4.78 is 19.2. The van der Waals surface area contributed by atoms with Gasteiger partial charge in [0.05, 0.1) is 23.7 Å². The Bertz CT molecular complexity index is 911. The molecule has 0 radical (unpaired) electrons. The Labute approximate surface area is 157 Å². The first-order valence-corrected chi connectivity index (χ1v) is 9.45. The average Bonchev–Trinajstić information content (AvgIpc) is 3.10. The number of aliphatic hydroxyl groups excluding tert-OH is 1. The molecule has 0 bridgehead atoms. The van der Waals surface area contributed by atoms with Crippen molar-refractivity contribution in [1.29, 1.82) is 0 Å². The Morgan fingerprint density at radius 3 is 3.00 bits per heavy atom. The third kappa shape index (κ3) is 3.96. The second kappa shape index (κ2) is 8.06. The van der Waals surface area contributed by atoms with E-state index in [1.165, 1.54) is 12.1 Å². The summed E-state index contributed by atoms with van der Waals surface area (Å²) in [7, 11) is 0. The van der Waals surface area contributed by atoms with Crippen LogP contribution in [0.3, 0.4) is 0 Å². The lowest BCUT2D eigenvalue weighted by molar-refractivity contribution is 0.131. The maximum absolute atomic E-state index is 13.5. The Hall–Kier alpha value is -2.44. The molecule has 0 spiro atoms. The lowest BCUT2D eigenvalue weighted by Gasteiger charge is -2.34. The fourth-order valence-corrected chi connectivity index (χ4v) is 3.80. The van der Waals surface area contributed by atoms with Crippen molar-refractivity contribution in [1.82, 2.24) is 14.9 Å². The van der Waals surface area contributed by atoms with Crippen molar-refractivity contribution in [2.45, 2.75) is 31.8 Å². The molecule has 0 aliphatic carbocycles. The number of H-pyrrole nitrogens is 1. The molecule has 6 heteroatoms. The molecule has 4 rings (SSSR count). The van der Waals surface area contributed by atoms with Gasteiger partial charge in [0.1, 0.15) is 24.0 Å². The summed E-state index contributed by atoms with van der Waals surface area (Å²) in [5.41, 5.74) is 2.63. The van der Waals surface area contributed by atoms with Crippen LogP contribution >= 0.6 is 0 Å². The minimum absolute atomic E-state index is 0.00375. The molecule has 3 aromatic rings. The molecule has 1 atom stereocenters. The maximum Gasteiger partial charge on any atom is 0.125 e. The van der Waals surface area contributed by atoms with Gasteiger partial charge in [0.25, 0.3) is 0 Å². The van der Waals surface area contributed by atoms with Gasteiger partial charge in [-0.3, -0.25) is 4.90 Å². The highest BCUT2D eigenvalue weighted by atomic mass is 19.1. The molecule has 0 amide bonds. The lowest BCUT2D eigenvalue weighted by Crippen LogP contribution is -2.33. The maximum atomic E-state index is 13.5. The monoisotopic (exact) mass is 369 g/mol. The van der Waals surface area contributed by atoms with E-state index in [1.807, 2.05) is 18.2 Å². The number of nitrogens with one attached hydrogen (secondary N) is 1. The summed E-state index contributed by atoms with van der Waals surface area (Å²) in [6.45, 7) is 2.01. The molecule has 27 heavy (non-hydrogen) atoms. The Morgan fingerprint density at radius 1 is 1.22 bits per heavy atom. The zero-order valence-electron chi connectivity index (χ0n) is 15.2. The van der Waals surface area contributed by atoms with Crippen LogP contribution in [0.5, 0.6) is 5.75 Å².